The van der Waals surface area contributed by atoms with E-state index in [2.05, 4.69) is 4.98 Å². The highest BCUT2D eigenvalue weighted by Crippen LogP contribution is 2.32. The molecule has 106 valence electrons. The lowest BCUT2D eigenvalue weighted by molar-refractivity contribution is -0.142. The molecule has 0 radical (unpaired) electrons. The number of methoxy groups -OCH3 is 1. The topological polar surface area (TPSA) is 48.4 Å². The van der Waals surface area contributed by atoms with Crippen molar-refractivity contribution in [2.45, 2.75) is 25.7 Å². The van der Waals surface area contributed by atoms with Crippen LogP contribution >= 0.6 is 11.6 Å². The summed E-state index contributed by atoms with van der Waals surface area (Å²) in [4.78, 5) is 15.2. The summed E-state index contributed by atoms with van der Waals surface area (Å²) in [5, 5.41) is 0. The number of aromatic nitrogens is 1. The second-order valence-corrected chi connectivity index (χ2v) is 3.87. The van der Waals surface area contributed by atoms with Crippen LogP contribution in [0.5, 0.6) is 5.75 Å². The van der Waals surface area contributed by atoms with Gasteiger partial charge in [-0.05, 0) is 13.0 Å². The molecule has 0 fully saturated rings. The highest BCUT2D eigenvalue weighted by atomic mass is 35.5. The Kier molecular flexibility index (Phi) is 5.95. The summed E-state index contributed by atoms with van der Waals surface area (Å²) in [5.41, 5.74) is 0.0407. The van der Waals surface area contributed by atoms with E-state index in [0.29, 0.717) is 5.56 Å². The van der Waals surface area contributed by atoms with Crippen molar-refractivity contribution in [2.24, 2.45) is 0 Å². The zero-order chi connectivity index (χ0) is 14.4. The number of carbonyl (C=O) groups is 1. The van der Waals surface area contributed by atoms with Gasteiger partial charge in [-0.2, -0.15) is 0 Å². The molecule has 0 aromatic carbocycles. The number of hydrogen-bond acceptors (Lipinski definition) is 4. The Morgan fingerprint density at radius 3 is 2.68 bits per heavy atom. The SMILES string of the molecule is CCOC(=O)Cc1cc(CCl)nc(C(F)F)c1OC. The molecular weight excluding hydrogens is 280 g/mol. The molecular formula is C12H14ClF2NO3. The first-order valence-corrected chi connectivity index (χ1v) is 6.13. The molecule has 0 saturated heterocycles. The molecule has 1 aromatic rings. The van der Waals surface area contributed by atoms with E-state index >= 15 is 0 Å². The molecule has 1 aromatic heterocycles. The van der Waals surface area contributed by atoms with E-state index in [9.17, 15) is 13.6 Å². The number of nitrogens with zero attached hydrogens (tertiary/aromatic N) is 1. The Labute approximate surface area is 114 Å². The predicted molar refractivity (Wildman–Crippen MR) is 65.6 cm³/mol. The molecule has 1 rings (SSSR count). The third-order valence-electron chi connectivity index (χ3n) is 2.32. The van der Waals surface area contributed by atoms with Crippen LogP contribution in [0, 0.1) is 0 Å². The number of hydrogen-bond donors (Lipinski definition) is 0. The van der Waals surface area contributed by atoms with E-state index in [1.54, 1.807) is 6.92 Å². The van der Waals surface area contributed by atoms with Gasteiger partial charge in [-0.1, -0.05) is 0 Å². The second-order valence-electron chi connectivity index (χ2n) is 3.61. The Bertz CT molecular complexity index is 455. The molecule has 0 spiro atoms. The maximum absolute atomic E-state index is 12.9. The summed E-state index contributed by atoms with van der Waals surface area (Å²) >= 11 is 5.60. The van der Waals surface area contributed by atoms with Gasteiger partial charge in [0.2, 0.25) is 0 Å². The number of ether oxygens (including phenoxy) is 2. The molecule has 7 heteroatoms. The van der Waals surface area contributed by atoms with Crippen LogP contribution < -0.4 is 4.74 Å². The number of carbonyl (C=O) groups excluding carboxylic acids is 1. The average Bonchev–Trinajstić information content (AvgIpc) is 2.37. The summed E-state index contributed by atoms with van der Waals surface area (Å²) in [6, 6.07) is 1.47. The molecule has 0 unspecified atom stereocenters. The Morgan fingerprint density at radius 2 is 2.21 bits per heavy atom. The van der Waals surface area contributed by atoms with Gasteiger partial charge in [0.05, 0.1) is 31.7 Å². The highest BCUT2D eigenvalue weighted by Gasteiger charge is 2.22. The molecule has 1 heterocycles. The van der Waals surface area contributed by atoms with Crippen LogP contribution in [0.1, 0.15) is 30.3 Å². The van der Waals surface area contributed by atoms with Gasteiger partial charge in [0.15, 0.2) is 0 Å². The maximum atomic E-state index is 12.9. The molecule has 0 aliphatic heterocycles. The first-order chi connectivity index (χ1) is 9.03. The molecule has 0 N–H and O–H groups in total. The number of esters is 1. The average molecular weight is 294 g/mol. The summed E-state index contributed by atoms with van der Waals surface area (Å²) in [6.45, 7) is 1.88. The summed E-state index contributed by atoms with van der Waals surface area (Å²) in [6.07, 6.45) is -2.97. The maximum Gasteiger partial charge on any atom is 0.310 e. The first kappa shape index (κ1) is 15.6. The molecule has 19 heavy (non-hydrogen) atoms. The van der Waals surface area contributed by atoms with E-state index in [1.807, 2.05) is 0 Å². The molecule has 4 nitrogen and oxygen atoms in total. The van der Waals surface area contributed by atoms with Crippen molar-refractivity contribution >= 4 is 17.6 Å². The number of rotatable bonds is 6. The van der Waals surface area contributed by atoms with Crippen molar-refractivity contribution in [2.75, 3.05) is 13.7 Å². The van der Waals surface area contributed by atoms with Crippen molar-refractivity contribution in [1.29, 1.82) is 0 Å². The molecule has 0 aliphatic carbocycles. The zero-order valence-electron chi connectivity index (χ0n) is 10.6. The van der Waals surface area contributed by atoms with E-state index in [0.717, 1.165) is 0 Å². The molecule has 0 bridgehead atoms. The number of alkyl halides is 3. The number of halogens is 3. The molecule has 0 aliphatic rings. The summed E-state index contributed by atoms with van der Waals surface area (Å²) < 4.78 is 35.5. The van der Waals surface area contributed by atoms with Gasteiger partial charge in [0, 0.05) is 5.56 Å². The van der Waals surface area contributed by atoms with Gasteiger partial charge in [0.1, 0.15) is 11.4 Å². The largest absolute Gasteiger partial charge is 0.494 e. The fraction of sp³-hybridized carbons (Fsp3) is 0.500. The lowest BCUT2D eigenvalue weighted by atomic mass is 10.1. The first-order valence-electron chi connectivity index (χ1n) is 5.59. The third kappa shape index (κ3) is 4.02. The zero-order valence-corrected chi connectivity index (χ0v) is 11.3. The van der Waals surface area contributed by atoms with Gasteiger partial charge in [-0.25, -0.2) is 13.8 Å². The van der Waals surface area contributed by atoms with E-state index in [-0.39, 0.29) is 30.4 Å². The molecule has 0 saturated carbocycles. The number of pyridine rings is 1. The van der Waals surface area contributed by atoms with Crippen molar-refractivity contribution in [3.8, 4) is 5.75 Å². The summed E-state index contributed by atoms with van der Waals surface area (Å²) in [7, 11) is 1.25. The van der Waals surface area contributed by atoms with Crippen LogP contribution in [-0.2, 0) is 21.8 Å². The molecule has 0 amide bonds. The highest BCUT2D eigenvalue weighted by molar-refractivity contribution is 6.16. The minimum Gasteiger partial charge on any atom is -0.494 e. The normalized spacial score (nSPS) is 10.6. The van der Waals surface area contributed by atoms with Crippen LogP contribution in [0.15, 0.2) is 6.07 Å². The molecule has 0 atom stereocenters. The van der Waals surface area contributed by atoms with E-state index in [4.69, 9.17) is 21.1 Å². The van der Waals surface area contributed by atoms with Gasteiger partial charge in [-0.3, -0.25) is 4.79 Å². The van der Waals surface area contributed by atoms with Gasteiger partial charge in [0.25, 0.3) is 6.43 Å². The smallest absolute Gasteiger partial charge is 0.310 e. The van der Waals surface area contributed by atoms with Crippen molar-refractivity contribution in [3.05, 3.63) is 23.0 Å². The van der Waals surface area contributed by atoms with Crippen LogP contribution in [0.3, 0.4) is 0 Å². The standard InChI is InChI=1S/C12H14ClF2NO3/c1-3-19-9(17)5-7-4-8(6-13)16-10(12(14)15)11(7)18-2/h4,12H,3,5-6H2,1-2H3. The Hall–Kier alpha value is -1.43. The second kappa shape index (κ2) is 7.23. The summed E-state index contributed by atoms with van der Waals surface area (Å²) in [5.74, 6) is -0.649. The monoisotopic (exact) mass is 293 g/mol. The van der Waals surface area contributed by atoms with Gasteiger partial charge < -0.3 is 9.47 Å². The van der Waals surface area contributed by atoms with E-state index < -0.39 is 18.1 Å². The lowest BCUT2D eigenvalue weighted by Crippen LogP contribution is -2.11. The van der Waals surface area contributed by atoms with E-state index in [1.165, 1.54) is 13.2 Å². The lowest BCUT2D eigenvalue weighted by Gasteiger charge is -2.13. The van der Waals surface area contributed by atoms with Crippen LogP contribution in [-0.4, -0.2) is 24.7 Å². The van der Waals surface area contributed by atoms with Gasteiger partial charge >= 0.3 is 5.97 Å². The van der Waals surface area contributed by atoms with Crippen molar-refractivity contribution in [1.82, 2.24) is 4.98 Å². The van der Waals surface area contributed by atoms with Gasteiger partial charge in [-0.15, -0.1) is 11.6 Å². The van der Waals surface area contributed by atoms with Crippen LogP contribution in [0.25, 0.3) is 0 Å². The predicted octanol–water partition coefficient (Wildman–Crippen LogP) is 2.87. The quantitative estimate of drug-likeness (QED) is 0.598. The van der Waals surface area contributed by atoms with Crippen LogP contribution in [0.2, 0.25) is 0 Å². The Balaban J connectivity index is 3.19. The minimum atomic E-state index is -2.81. The Morgan fingerprint density at radius 1 is 1.53 bits per heavy atom. The van der Waals surface area contributed by atoms with Crippen LogP contribution in [0.4, 0.5) is 8.78 Å². The minimum absolute atomic E-state index is 0.0282. The fourth-order valence-corrected chi connectivity index (χ4v) is 1.76. The van der Waals surface area contributed by atoms with Crippen molar-refractivity contribution in [3.63, 3.8) is 0 Å². The van der Waals surface area contributed by atoms with Crippen molar-refractivity contribution < 1.29 is 23.0 Å². The fourth-order valence-electron chi connectivity index (χ4n) is 1.62. The third-order valence-corrected chi connectivity index (χ3v) is 2.59.